The molecule has 22 heavy (non-hydrogen) atoms. The minimum Gasteiger partial charge on any atom is -0.343 e. The minimum absolute atomic E-state index is 0.105. The van der Waals surface area contributed by atoms with Crippen molar-refractivity contribution in [2.75, 3.05) is 0 Å². The van der Waals surface area contributed by atoms with E-state index in [0.29, 0.717) is 0 Å². The Morgan fingerprint density at radius 2 is 1.59 bits per heavy atom. The van der Waals surface area contributed by atoms with Crippen LogP contribution in [0.1, 0.15) is 5.56 Å². The molecule has 3 aromatic rings. The molecule has 0 spiro atoms. The SMILES string of the molecule is Cn1c(-c2ccccc2)c(C=C(C#N)C#N)c2ccccc21. The van der Waals surface area contributed by atoms with Gasteiger partial charge in [-0.1, -0.05) is 48.5 Å². The van der Waals surface area contributed by atoms with Gasteiger partial charge in [0.2, 0.25) is 0 Å². The monoisotopic (exact) mass is 283 g/mol. The highest BCUT2D eigenvalue weighted by molar-refractivity contribution is 5.98. The second-order valence-electron chi connectivity index (χ2n) is 4.99. The maximum atomic E-state index is 9.08. The number of para-hydroxylation sites is 1. The predicted molar refractivity (Wildman–Crippen MR) is 87.6 cm³/mol. The quantitative estimate of drug-likeness (QED) is 0.659. The third-order valence-electron chi connectivity index (χ3n) is 3.72. The van der Waals surface area contributed by atoms with E-state index in [1.165, 1.54) is 0 Å². The van der Waals surface area contributed by atoms with Crippen molar-refractivity contribution >= 4 is 17.0 Å². The molecule has 1 heterocycles. The number of nitriles is 2. The Morgan fingerprint density at radius 3 is 2.27 bits per heavy atom. The van der Waals surface area contributed by atoms with Crippen molar-refractivity contribution in [3.8, 4) is 23.4 Å². The number of hydrogen-bond donors (Lipinski definition) is 0. The van der Waals surface area contributed by atoms with E-state index in [0.717, 1.165) is 27.7 Å². The molecule has 0 aliphatic heterocycles. The van der Waals surface area contributed by atoms with E-state index in [9.17, 15) is 0 Å². The zero-order chi connectivity index (χ0) is 15.5. The fourth-order valence-corrected chi connectivity index (χ4v) is 2.75. The lowest BCUT2D eigenvalue weighted by molar-refractivity contribution is 0.977. The Balaban J connectivity index is 2.41. The Bertz CT molecular complexity index is 932. The van der Waals surface area contributed by atoms with Crippen molar-refractivity contribution in [3.05, 3.63) is 65.7 Å². The van der Waals surface area contributed by atoms with Crippen LogP contribution in [0.15, 0.2) is 60.2 Å². The summed E-state index contributed by atoms with van der Waals surface area (Å²) in [6, 6.07) is 21.9. The molecule has 1 aromatic heterocycles. The molecule has 0 fully saturated rings. The molecule has 0 aliphatic rings. The average molecular weight is 283 g/mol. The molecule has 0 unspecified atom stereocenters. The van der Waals surface area contributed by atoms with Gasteiger partial charge in [0.25, 0.3) is 0 Å². The van der Waals surface area contributed by atoms with Gasteiger partial charge in [-0.3, -0.25) is 0 Å². The lowest BCUT2D eigenvalue weighted by Gasteiger charge is -2.06. The van der Waals surface area contributed by atoms with Crippen LogP contribution in [-0.2, 0) is 7.05 Å². The number of aromatic nitrogens is 1. The second-order valence-corrected chi connectivity index (χ2v) is 4.99. The number of benzene rings is 2. The molecule has 3 nitrogen and oxygen atoms in total. The first-order valence-corrected chi connectivity index (χ1v) is 6.91. The van der Waals surface area contributed by atoms with E-state index >= 15 is 0 Å². The van der Waals surface area contributed by atoms with Gasteiger partial charge in [-0.05, 0) is 17.7 Å². The molecule has 3 rings (SSSR count). The van der Waals surface area contributed by atoms with Crippen LogP contribution in [0.2, 0.25) is 0 Å². The normalized spacial score (nSPS) is 9.95. The topological polar surface area (TPSA) is 52.5 Å². The van der Waals surface area contributed by atoms with Crippen LogP contribution in [0.4, 0.5) is 0 Å². The summed E-state index contributed by atoms with van der Waals surface area (Å²) in [5.74, 6) is 0. The highest BCUT2D eigenvalue weighted by atomic mass is 14.9. The third-order valence-corrected chi connectivity index (χ3v) is 3.72. The van der Waals surface area contributed by atoms with Gasteiger partial charge in [-0.2, -0.15) is 10.5 Å². The van der Waals surface area contributed by atoms with Crippen molar-refractivity contribution in [1.82, 2.24) is 4.57 Å². The molecule has 3 heteroatoms. The molecule has 0 amide bonds. The van der Waals surface area contributed by atoms with Gasteiger partial charge in [0.1, 0.15) is 17.7 Å². The molecule has 0 bridgehead atoms. The number of allylic oxidation sites excluding steroid dienone is 1. The van der Waals surface area contributed by atoms with E-state index in [1.54, 1.807) is 6.08 Å². The second kappa shape index (κ2) is 5.60. The summed E-state index contributed by atoms with van der Waals surface area (Å²) >= 11 is 0. The largest absolute Gasteiger partial charge is 0.343 e. The van der Waals surface area contributed by atoms with Crippen LogP contribution in [-0.4, -0.2) is 4.57 Å². The van der Waals surface area contributed by atoms with Crippen LogP contribution in [0.5, 0.6) is 0 Å². The lowest BCUT2D eigenvalue weighted by atomic mass is 10.0. The molecule has 0 N–H and O–H groups in total. The molecule has 0 radical (unpaired) electrons. The molecule has 0 aliphatic carbocycles. The number of rotatable bonds is 2. The first kappa shape index (κ1) is 13.7. The van der Waals surface area contributed by atoms with Crippen LogP contribution < -0.4 is 0 Å². The summed E-state index contributed by atoms with van der Waals surface area (Å²) < 4.78 is 2.10. The van der Waals surface area contributed by atoms with Crippen molar-refractivity contribution < 1.29 is 0 Å². The zero-order valence-corrected chi connectivity index (χ0v) is 12.1. The van der Waals surface area contributed by atoms with Crippen LogP contribution >= 0.6 is 0 Å². The van der Waals surface area contributed by atoms with Gasteiger partial charge in [0.15, 0.2) is 0 Å². The van der Waals surface area contributed by atoms with Crippen LogP contribution in [0.25, 0.3) is 28.2 Å². The van der Waals surface area contributed by atoms with Gasteiger partial charge in [-0.15, -0.1) is 0 Å². The van der Waals surface area contributed by atoms with Crippen molar-refractivity contribution in [2.45, 2.75) is 0 Å². The molecule has 2 aromatic carbocycles. The van der Waals surface area contributed by atoms with E-state index in [4.69, 9.17) is 10.5 Å². The summed E-state index contributed by atoms with van der Waals surface area (Å²) in [5, 5.41) is 19.2. The Morgan fingerprint density at radius 1 is 0.955 bits per heavy atom. The van der Waals surface area contributed by atoms with Crippen molar-refractivity contribution in [2.24, 2.45) is 7.05 Å². The Kier molecular flexibility index (Phi) is 3.48. The minimum atomic E-state index is 0.105. The van der Waals surface area contributed by atoms with Crippen molar-refractivity contribution in [3.63, 3.8) is 0 Å². The van der Waals surface area contributed by atoms with Crippen LogP contribution in [0.3, 0.4) is 0 Å². The van der Waals surface area contributed by atoms with Crippen LogP contribution in [0, 0.1) is 22.7 Å². The number of nitrogens with zero attached hydrogens (tertiary/aromatic N) is 3. The molecule has 0 atom stereocenters. The molecule has 104 valence electrons. The number of fused-ring (bicyclic) bond motifs is 1. The van der Waals surface area contributed by atoms with Gasteiger partial charge in [-0.25, -0.2) is 0 Å². The van der Waals surface area contributed by atoms with Gasteiger partial charge < -0.3 is 4.57 Å². The Hall–Kier alpha value is -3.30. The zero-order valence-electron chi connectivity index (χ0n) is 12.1. The van der Waals surface area contributed by atoms with E-state index in [2.05, 4.69) is 4.57 Å². The van der Waals surface area contributed by atoms with E-state index in [1.807, 2.05) is 73.8 Å². The highest BCUT2D eigenvalue weighted by Gasteiger charge is 2.15. The van der Waals surface area contributed by atoms with Gasteiger partial charge in [0.05, 0.1) is 5.69 Å². The fraction of sp³-hybridized carbons (Fsp3) is 0.0526. The molecule has 0 saturated carbocycles. The summed E-state index contributed by atoms with van der Waals surface area (Å²) in [7, 11) is 2.00. The number of hydrogen-bond acceptors (Lipinski definition) is 2. The molecular formula is C19H13N3. The predicted octanol–water partition coefficient (Wildman–Crippen LogP) is 4.28. The summed E-state index contributed by atoms with van der Waals surface area (Å²) in [4.78, 5) is 0. The summed E-state index contributed by atoms with van der Waals surface area (Å²) in [6.45, 7) is 0. The standard InChI is InChI=1S/C19H13N3/c1-22-18-10-6-5-9-16(18)17(11-14(12-20)13-21)19(22)15-7-3-2-4-8-15/h2-11H,1H3. The smallest absolute Gasteiger partial charge is 0.130 e. The Labute approximate surface area is 129 Å². The average Bonchev–Trinajstić information content (AvgIpc) is 2.86. The maximum absolute atomic E-state index is 9.08. The van der Waals surface area contributed by atoms with E-state index in [-0.39, 0.29) is 5.57 Å². The maximum Gasteiger partial charge on any atom is 0.130 e. The third kappa shape index (κ3) is 2.16. The fourth-order valence-electron chi connectivity index (χ4n) is 2.75. The van der Waals surface area contributed by atoms with Gasteiger partial charge in [0, 0.05) is 23.5 Å². The molecular weight excluding hydrogens is 270 g/mol. The lowest BCUT2D eigenvalue weighted by Crippen LogP contribution is -1.92. The van der Waals surface area contributed by atoms with Gasteiger partial charge >= 0.3 is 0 Å². The summed E-state index contributed by atoms with van der Waals surface area (Å²) in [5.41, 5.74) is 4.14. The van der Waals surface area contributed by atoms with Crippen molar-refractivity contribution in [1.29, 1.82) is 10.5 Å². The molecule has 0 saturated heterocycles. The number of aryl methyl sites for hydroxylation is 1. The highest BCUT2D eigenvalue weighted by Crippen LogP contribution is 2.34. The van der Waals surface area contributed by atoms with E-state index < -0.39 is 0 Å². The summed E-state index contributed by atoms with van der Waals surface area (Å²) in [6.07, 6.45) is 1.67. The first-order valence-electron chi connectivity index (χ1n) is 6.91. The first-order chi connectivity index (χ1) is 10.8.